The summed E-state index contributed by atoms with van der Waals surface area (Å²) in [5.41, 5.74) is 0.586. The highest BCUT2D eigenvalue weighted by molar-refractivity contribution is 9.11. The summed E-state index contributed by atoms with van der Waals surface area (Å²) >= 11 is 6.46. The van der Waals surface area contributed by atoms with E-state index in [0.29, 0.717) is 14.5 Å². The third kappa shape index (κ3) is 3.82. The van der Waals surface area contributed by atoms with Crippen LogP contribution in [0.4, 0.5) is 10.1 Å². The molecule has 0 unspecified atom stereocenters. The van der Waals surface area contributed by atoms with Gasteiger partial charge in [-0.2, -0.15) is 0 Å². The molecule has 0 atom stereocenters. The highest BCUT2D eigenvalue weighted by atomic mass is 79.9. The number of hydrogen-bond acceptors (Lipinski definition) is 3. The molecule has 4 nitrogen and oxygen atoms in total. The summed E-state index contributed by atoms with van der Waals surface area (Å²) in [7, 11) is -4.10. The van der Waals surface area contributed by atoms with E-state index >= 15 is 0 Å². The lowest BCUT2D eigenvalue weighted by molar-refractivity contribution is 0.281. The molecule has 8 heteroatoms. The lowest BCUT2D eigenvalue weighted by Crippen LogP contribution is -2.15. The number of sulfonamides is 1. The van der Waals surface area contributed by atoms with Gasteiger partial charge < -0.3 is 5.11 Å². The molecule has 0 radical (unpaired) electrons. The summed E-state index contributed by atoms with van der Waals surface area (Å²) in [6.45, 7) is -0.372. The van der Waals surface area contributed by atoms with Crippen LogP contribution in [-0.4, -0.2) is 13.5 Å². The summed E-state index contributed by atoms with van der Waals surface area (Å²) in [5, 5.41) is 9.04. The van der Waals surface area contributed by atoms with Gasteiger partial charge in [-0.1, -0.05) is 22.0 Å². The van der Waals surface area contributed by atoms with Crippen molar-refractivity contribution in [3.05, 3.63) is 56.7 Å². The Hall–Kier alpha value is -0.960. The minimum atomic E-state index is -4.10. The lowest BCUT2D eigenvalue weighted by atomic mass is 10.2. The van der Waals surface area contributed by atoms with Gasteiger partial charge in [0, 0.05) is 8.95 Å². The number of aliphatic hydroxyl groups excluding tert-OH is 1. The maximum absolute atomic E-state index is 13.8. The van der Waals surface area contributed by atoms with Gasteiger partial charge in [-0.3, -0.25) is 4.72 Å². The Morgan fingerprint density at radius 2 is 1.86 bits per heavy atom. The van der Waals surface area contributed by atoms with Gasteiger partial charge in [-0.25, -0.2) is 12.8 Å². The fourth-order valence-corrected chi connectivity index (χ4v) is 3.67. The molecule has 0 aliphatic carbocycles. The number of aliphatic hydroxyl groups is 1. The Labute approximate surface area is 138 Å². The van der Waals surface area contributed by atoms with E-state index in [0.717, 1.165) is 12.1 Å². The average molecular weight is 439 g/mol. The molecule has 0 aliphatic rings. The van der Waals surface area contributed by atoms with Crippen molar-refractivity contribution in [1.82, 2.24) is 0 Å². The molecule has 0 spiro atoms. The minimum absolute atomic E-state index is 0.276. The van der Waals surface area contributed by atoms with Crippen LogP contribution in [0.2, 0.25) is 0 Å². The standard InChI is InChI=1S/C13H10Br2FNO3S/c14-9-2-3-10(15)12(6-9)17-21(19,20)13-5-8(7-18)1-4-11(13)16/h1-6,17-18H,7H2. The molecule has 0 aliphatic heterocycles. The Balaban J connectivity index is 2.45. The Morgan fingerprint density at radius 3 is 2.52 bits per heavy atom. The number of benzene rings is 2. The van der Waals surface area contributed by atoms with Crippen LogP contribution in [0.3, 0.4) is 0 Å². The Bertz CT molecular complexity index is 781. The van der Waals surface area contributed by atoms with Gasteiger partial charge in [-0.15, -0.1) is 0 Å². The average Bonchev–Trinajstić information content (AvgIpc) is 2.43. The molecular weight excluding hydrogens is 429 g/mol. The Morgan fingerprint density at radius 1 is 1.14 bits per heavy atom. The summed E-state index contributed by atoms with van der Waals surface area (Å²) < 4.78 is 41.8. The summed E-state index contributed by atoms with van der Waals surface area (Å²) in [6.07, 6.45) is 0. The van der Waals surface area contributed by atoms with Gasteiger partial charge in [0.1, 0.15) is 10.7 Å². The van der Waals surface area contributed by atoms with Gasteiger partial charge in [-0.05, 0) is 51.8 Å². The van der Waals surface area contributed by atoms with E-state index in [1.807, 2.05) is 0 Å². The van der Waals surface area contributed by atoms with Crippen LogP contribution < -0.4 is 4.72 Å². The van der Waals surface area contributed by atoms with E-state index in [-0.39, 0.29) is 12.3 Å². The van der Waals surface area contributed by atoms with Crippen molar-refractivity contribution in [3.63, 3.8) is 0 Å². The van der Waals surface area contributed by atoms with Gasteiger partial charge in [0.05, 0.1) is 12.3 Å². The number of hydrogen-bond donors (Lipinski definition) is 2. The normalized spacial score (nSPS) is 11.4. The van der Waals surface area contributed by atoms with Crippen LogP contribution in [0.25, 0.3) is 0 Å². The second kappa shape index (κ2) is 6.43. The van der Waals surface area contributed by atoms with E-state index in [4.69, 9.17) is 5.11 Å². The van der Waals surface area contributed by atoms with Crippen LogP contribution in [0.15, 0.2) is 50.2 Å². The predicted octanol–water partition coefficient (Wildman–Crippen LogP) is 3.64. The molecule has 2 rings (SSSR count). The van der Waals surface area contributed by atoms with Crippen molar-refractivity contribution in [2.45, 2.75) is 11.5 Å². The van der Waals surface area contributed by atoms with E-state index < -0.39 is 20.7 Å². The SMILES string of the molecule is O=S(=O)(Nc1cc(Br)ccc1Br)c1cc(CO)ccc1F. The van der Waals surface area contributed by atoms with Crippen LogP contribution in [0.1, 0.15) is 5.56 Å². The molecule has 0 fully saturated rings. The topological polar surface area (TPSA) is 66.4 Å². The van der Waals surface area contributed by atoms with Crippen molar-refractivity contribution < 1.29 is 17.9 Å². The van der Waals surface area contributed by atoms with Crippen LogP contribution in [0, 0.1) is 5.82 Å². The van der Waals surface area contributed by atoms with Gasteiger partial charge in [0.2, 0.25) is 0 Å². The molecule has 0 saturated heterocycles. The largest absolute Gasteiger partial charge is 0.392 e. The van der Waals surface area contributed by atoms with Crippen molar-refractivity contribution in [2.24, 2.45) is 0 Å². The molecule has 0 aromatic heterocycles. The van der Waals surface area contributed by atoms with E-state index in [2.05, 4.69) is 36.6 Å². The minimum Gasteiger partial charge on any atom is -0.392 e. The number of nitrogens with one attached hydrogen (secondary N) is 1. The van der Waals surface area contributed by atoms with Crippen molar-refractivity contribution >= 4 is 47.6 Å². The van der Waals surface area contributed by atoms with Gasteiger partial charge in [0.25, 0.3) is 10.0 Å². The lowest BCUT2D eigenvalue weighted by Gasteiger charge is -2.11. The molecule has 0 heterocycles. The third-order valence-electron chi connectivity index (χ3n) is 2.64. The van der Waals surface area contributed by atoms with E-state index in [1.54, 1.807) is 18.2 Å². The maximum atomic E-state index is 13.8. The van der Waals surface area contributed by atoms with Gasteiger partial charge in [0.15, 0.2) is 0 Å². The van der Waals surface area contributed by atoms with Crippen LogP contribution in [0.5, 0.6) is 0 Å². The maximum Gasteiger partial charge on any atom is 0.264 e. The highest BCUT2D eigenvalue weighted by Crippen LogP contribution is 2.29. The molecule has 0 bridgehead atoms. The second-order valence-corrected chi connectivity index (χ2v) is 7.57. The first-order chi connectivity index (χ1) is 9.83. The van der Waals surface area contributed by atoms with E-state index in [1.165, 1.54) is 6.07 Å². The molecule has 2 aromatic carbocycles. The smallest absolute Gasteiger partial charge is 0.264 e. The fraction of sp³-hybridized carbons (Fsp3) is 0.0769. The molecule has 21 heavy (non-hydrogen) atoms. The quantitative estimate of drug-likeness (QED) is 0.765. The number of halogens is 3. The molecule has 0 amide bonds. The monoisotopic (exact) mass is 437 g/mol. The third-order valence-corrected chi connectivity index (χ3v) is 5.21. The highest BCUT2D eigenvalue weighted by Gasteiger charge is 2.20. The summed E-state index contributed by atoms with van der Waals surface area (Å²) in [4.78, 5) is -0.513. The van der Waals surface area contributed by atoms with E-state index in [9.17, 15) is 12.8 Å². The molecule has 112 valence electrons. The first-order valence-electron chi connectivity index (χ1n) is 5.70. The van der Waals surface area contributed by atoms with Crippen molar-refractivity contribution in [3.8, 4) is 0 Å². The predicted molar refractivity (Wildman–Crippen MR) is 85.0 cm³/mol. The van der Waals surface area contributed by atoms with Gasteiger partial charge >= 0.3 is 0 Å². The van der Waals surface area contributed by atoms with Crippen molar-refractivity contribution in [2.75, 3.05) is 4.72 Å². The second-order valence-electron chi connectivity index (χ2n) is 4.15. The molecule has 2 aromatic rings. The summed E-state index contributed by atoms with van der Waals surface area (Å²) in [5.74, 6) is -0.884. The molecular formula is C13H10Br2FNO3S. The van der Waals surface area contributed by atoms with Crippen LogP contribution >= 0.6 is 31.9 Å². The first kappa shape index (κ1) is 16.4. The zero-order chi connectivity index (χ0) is 15.6. The number of anilines is 1. The Kier molecular flexibility index (Phi) is 5.03. The fourth-order valence-electron chi connectivity index (χ4n) is 1.63. The van der Waals surface area contributed by atoms with Crippen LogP contribution in [-0.2, 0) is 16.6 Å². The number of rotatable bonds is 4. The summed E-state index contributed by atoms with van der Waals surface area (Å²) in [6, 6.07) is 8.37. The first-order valence-corrected chi connectivity index (χ1v) is 8.77. The molecule has 0 saturated carbocycles. The van der Waals surface area contributed by atoms with Crippen molar-refractivity contribution in [1.29, 1.82) is 0 Å². The zero-order valence-corrected chi connectivity index (χ0v) is 14.5. The zero-order valence-electron chi connectivity index (χ0n) is 10.5. The molecule has 2 N–H and O–H groups in total.